The Labute approximate surface area is 108 Å². The zero-order valence-corrected chi connectivity index (χ0v) is 10.2. The summed E-state index contributed by atoms with van der Waals surface area (Å²) in [5.41, 5.74) is 2.03. The van der Waals surface area contributed by atoms with Crippen molar-refractivity contribution >= 4 is 21.6 Å². The molecule has 1 aliphatic rings. The summed E-state index contributed by atoms with van der Waals surface area (Å²) >= 11 is 1.67. The van der Waals surface area contributed by atoms with Gasteiger partial charge in [0.05, 0.1) is 15.8 Å². The molecular formula is C14H9NO2S. The summed E-state index contributed by atoms with van der Waals surface area (Å²) in [6.07, 6.45) is 0. The van der Waals surface area contributed by atoms with E-state index in [2.05, 4.69) is 11.1 Å². The molecule has 0 N–H and O–H groups in total. The summed E-state index contributed by atoms with van der Waals surface area (Å²) in [7, 11) is 0. The lowest BCUT2D eigenvalue weighted by Crippen LogP contribution is -1.93. The molecule has 88 valence electrons. The Hall–Kier alpha value is -2.07. The zero-order chi connectivity index (χ0) is 11.9. The smallest absolute Gasteiger partial charge is 0.231 e. The van der Waals surface area contributed by atoms with Crippen LogP contribution in [0, 0.1) is 0 Å². The molecule has 4 rings (SSSR count). The molecule has 2 aromatic carbocycles. The fourth-order valence-corrected chi connectivity index (χ4v) is 3.07. The van der Waals surface area contributed by atoms with Gasteiger partial charge >= 0.3 is 0 Å². The highest BCUT2D eigenvalue weighted by Gasteiger charge is 2.20. The van der Waals surface area contributed by atoms with E-state index in [4.69, 9.17) is 9.47 Å². The number of thiazole rings is 1. The molecular weight excluding hydrogens is 246 g/mol. The SMILES string of the molecule is c1cc2c(c(-c3nc4ccccc4s3)c1)OCO2. The highest BCUT2D eigenvalue weighted by atomic mass is 32.1. The molecule has 4 heteroatoms. The minimum Gasteiger partial charge on any atom is -0.454 e. The van der Waals surface area contributed by atoms with Gasteiger partial charge in [0.15, 0.2) is 11.5 Å². The summed E-state index contributed by atoms with van der Waals surface area (Å²) < 4.78 is 12.1. The third kappa shape index (κ3) is 1.39. The van der Waals surface area contributed by atoms with E-state index in [0.29, 0.717) is 0 Å². The monoisotopic (exact) mass is 255 g/mol. The van der Waals surface area contributed by atoms with Crippen molar-refractivity contribution < 1.29 is 9.47 Å². The van der Waals surface area contributed by atoms with Crippen molar-refractivity contribution in [2.24, 2.45) is 0 Å². The number of rotatable bonds is 1. The Morgan fingerprint density at radius 3 is 2.89 bits per heavy atom. The van der Waals surface area contributed by atoms with Gasteiger partial charge in [0.2, 0.25) is 6.79 Å². The van der Waals surface area contributed by atoms with Gasteiger partial charge in [-0.05, 0) is 24.3 Å². The fraction of sp³-hybridized carbons (Fsp3) is 0.0714. The maximum Gasteiger partial charge on any atom is 0.231 e. The Morgan fingerprint density at radius 2 is 1.94 bits per heavy atom. The van der Waals surface area contributed by atoms with E-state index in [-0.39, 0.29) is 6.79 Å². The number of hydrogen-bond donors (Lipinski definition) is 0. The van der Waals surface area contributed by atoms with Crippen molar-refractivity contribution in [3.63, 3.8) is 0 Å². The van der Waals surface area contributed by atoms with E-state index in [1.165, 1.54) is 4.70 Å². The van der Waals surface area contributed by atoms with Gasteiger partial charge in [-0.2, -0.15) is 0 Å². The Morgan fingerprint density at radius 1 is 1.00 bits per heavy atom. The van der Waals surface area contributed by atoms with Crippen molar-refractivity contribution in [3.8, 4) is 22.1 Å². The second kappa shape index (κ2) is 3.71. The summed E-state index contributed by atoms with van der Waals surface area (Å²) in [6, 6.07) is 14.0. The molecule has 0 saturated carbocycles. The number of benzene rings is 2. The second-order valence-electron chi connectivity index (χ2n) is 4.03. The first-order valence-corrected chi connectivity index (χ1v) is 6.48. The molecule has 0 fully saturated rings. The van der Waals surface area contributed by atoms with Crippen molar-refractivity contribution in [2.75, 3.05) is 6.79 Å². The predicted molar refractivity (Wildman–Crippen MR) is 71.2 cm³/mol. The molecule has 0 bridgehead atoms. The van der Waals surface area contributed by atoms with Gasteiger partial charge in [0.1, 0.15) is 5.01 Å². The number of nitrogens with zero attached hydrogens (tertiary/aromatic N) is 1. The van der Waals surface area contributed by atoms with Crippen molar-refractivity contribution in [2.45, 2.75) is 0 Å². The lowest BCUT2D eigenvalue weighted by atomic mass is 10.2. The number of aromatic nitrogens is 1. The van der Waals surface area contributed by atoms with Crippen LogP contribution in [0.15, 0.2) is 42.5 Å². The zero-order valence-electron chi connectivity index (χ0n) is 9.42. The molecule has 0 spiro atoms. The normalized spacial score (nSPS) is 13.1. The molecule has 0 saturated heterocycles. The average molecular weight is 255 g/mol. The van der Waals surface area contributed by atoms with Crippen LogP contribution in [-0.2, 0) is 0 Å². The quantitative estimate of drug-likeness (QED) is 0.664. The van der Waals surface area contributed by atoms with E-state index >= 15 is 0 Å². The standard InChI is InChI=1S/C14H9NO2S/c1-2-7-12-10(5-1)15-14(18-12)9-4-3-6-11-13(9)17-8-16-11/h1-7H,8H2. The van der Waals surface area contributed by atoms with Gasteiger partial charge < -0.3 is 9.47 Å². The predicted octanol–water partition coefficient (Wildman–Crippen LogP) is 3.69. The van der Waals surface area contributed by atoms with Gasteiger partial charge in [-0.3, -0.25) is 0 Å². The molecule has 3 nitrogen and oxygen atoms in total. The Balaban J connectivity index is 1.95. The Bertz CT molecular complexity index is 702. The van der Waals surface area contributed by atoms with Gasteiger partial charge in [-0.15, -0.1) is 11.3 Å². The number of ether oxygens (including phenoxy) is 2. The van der Waals surface area contributed by atoms with Crippen LogP contribution in [0.4, 0.5) is 0 Å². The maximum absolute atomic E-state index is 5.52. The minimum absolute atomic E-state index is 0.289. The first kappa shape index (κ1) is 9.91. The molecule has 1 aromatic heterocycles. The molecule has 18 heavy (non-hydrogen) atoms. The topological polar surface area (TPSA) is 31.4 Å². The number of fused-ring (bicyclic) bond motifs is 2. The molecule has 0 aliphatic carbocycles. The van der Waals surface area contributed by atoms with Crippen molar-refractivity contribution in [1.82, 2.24) is 4.98 Å². The summed E-state index contributed by atoms with van der Waals surface area (Å²) in [5, 5.41) is 0.971. The molecule has 0 atom stereocenters. The summed E-state index contributed by atoms with van der Waals surface area (Å²) in [6.45, 7) is 0.289. The minimum atomic E-state index is 0.289. The van der Waals surface area contributed by atoms with Gasteiger partial charge in [0, 0.05) is 0 Å². The highest BCUT2D eigenvalue weighted by Crippen LogP contribution is 2.43. The molecule has 0 unspecified atom stereocenters. The second-order valence-corrected chi connectivity index (χ2v) is 5.06. The van der Waals surface area contributed by atoms with Crippen LogP contribution in [0.25, 0.3) is 20.8 Å². The van der Waals surface area contributed by atoms with Crippen molar-refractivity contribution in [3.05, 3.63) is 42.5 Å². The third-order valence-corrected chi connectivity index (χ3v) is 3.99. The van der Waals surface area contributed by atoms with Crippen LogP contribution in [-0.4, -0.2) is 11.8 Å². The lowest BCUT2D eigenvalue weighted by molar-refractivity contribution is 0.174. The fourth-order valence-electron chi connectivity index (χ4n) is 2.09. The van der Waals surface area contributed by atoms with Crippen LogP contribution in [0.1, 0.15) is 0 Å². The van der Waals surface area contributed by atoms with Gasteiger partial charge in [-0.25, -0.2) is 4.98 Å². The lowest BCUT2D eigenvalue weighted by Gasteiger charge is -2.01. The van der Waals surface area contributed by atoms with Gasteiger partial charge in [0.25, 0.3) is 0 Å². The largest absolute Gasteiger partial charge is 0.454 e. The summed E-state index contributed by atoms with van der Waals surface area (Å²) in [5.74, 6) is 1.60. The van der Waals surface area contributed by atoms with Crippen LogP contribution < -0.4 is 9.47 Å². The molecule has 0 radical (unpaired) electrons. The van der Waals surface area contributed by atoms with Crippen molar-refractivity contribution in [1.29, 1.82) is 0 Å². The van der Waals surface area contributed by atoms with E-state index < -0.39 is 0 Å². The van der Waals surface area contributed by atoms with Crippen LogP contribution in [0.5, 0.6) is 11.5 Å². The Kier molecular flexibility index (Phi) is 2.04. The number of para-hydroxylation sites is 2. The van der Waals surface area contributed by atoms with Crippen LogP contribution in [0.3, 0.4) is 0 Å². The van der Waals surface area contributed by atoms with E-state index in [1.54, 1.807) is 11.3 Å². The third-order valence-electron chi connectivity index (χ3n) is 2.92. The first-order valence-electron chi connectivity index (χ1n) is 5.66. The highest BCUT2D eigenvalue weighted by molar-refractivity contribution is 7.21. The summed E-state index contributed by atoms with van der Waals surface area (Å²) in [4.78, 5) is 4.64. The first-order chi connectivity index (χ1) is 8.92. The average Bonchev–Trinajstić information content (AvgIpc) is 3.04. The van der Waals surface area contributed by atoms with E-state index in [1.807, 2.05) is 36.4 Å². The van der Waals surface area contributed by atoms with Gasteiger partial charge in [-0.1, -0.05) is 18.2 Å². The molecule has 0 amide bonds. The molecule has 3 aromatic rings. The van der Waals surface area contributed by atoms with Crippen LogP contribution in [0.2, 0.25) is 0 Å². The van der Waals surface area contributed by atoms with E-state index in [0.717, 1.165) is 27.6 Å². The molecule has 1 aliphatic heterocycles. The molecule has 2 heterocycles. The number of hydrogen-bond acceptors (Lipinski definition) is 4. The van der Waals surface area contributed by atoms with Crippen LogP contribution >= 0.6 is 11.3 Å². The maximum atomic E-state index is 5.52. The van der Waals surface area contributed by atoms with E-state index in [9.17, 15) is 0 Å².